The molecular weight excluding hydrogens is 521 g/mol. The van der Waals surface area contributed by atoms with Crippen LogP contribution in [0.4, 0.5) is 10.1 Å². The standard InChI is InChI=1S/C29H27ClFN5OS/c1-18-16-22(19(2)36(18)21-9-7-8-20(30)17-21)28-27(25-12-5-6-14-32-25)34-29(38)35(28)15-13-26(37)33-24-11-4-3-10-23(24)31/h3-12,14,16-17,27-28H,13,15H2,1-2H3,(H,33,37)(H,34,38)/t27-,28+/m0/s1. The second kappa shape index (κ2) is 10.9. The number of para-hydroxylation sites is 1. The molecule has 1 fully saturated rings. The largest absolute Gasteiger partial charge is 0.352 e. The van der Waals surface area contributed by atoms with Crippen molar-refractivity contribution in [2.45, 2.75) is 32.4 Å². The molecule has 5 rings (SSSR count). The first-order valence-corrected chi connectivity index (χ1v) is 13.1. The fourth-order valence-corrected chi connectivity index (χ4v) is 5.60. The van der Waals surface area contributed by atoms with Crippen LogP contribution in [0.3, 0.4) is 0 Å². The van der Waals surface area contributed by atoms with Crippen LogP contribution in [0.5, 0.6) is 0 Å². The average Bonchev–Trinajstić information content (AvgIpc) is 3.39. The molecule has 2 aromatic carbocycles. The van der Waals surface area contributed by atoms with Crippen molar-refractivity contribution in [2.24, 2.45) is 0 Å². The number of nitrogens with zero attached hydrogens (tertiary/aromatic N) is 3. The third kappa shape index (κ3) is 5.14. The van der Waals surface area contributed by atoms with Crippen molar-refractivity contribution in [3.63, 3.8) is 0 Å². The smallest absolute Gasteiger partial charge is 0.226 e. The van der Waals surface area contributed by atoms with Crippen molar-refractivity contribution >= 4 is 40.5 Å². The van der Waals surface area contributed by atoms with Gasteiger partial charge in [0.1, 0.15) is 5.82 Å². The van der Waals surface area contributed by atoms with E-state index in [1.54, 1.807) is 24.4 Å². The predicted molar refractivity (Wildman–Crippen MR) is 152 cm³/mol. The molecule has 6 nitrogen and oxygen atoms in total. The number of nitrogens with one attached hydrogen (secondary N) is 2. The minimum atomic E-state index is -0.472. The second-order valence-corrected chi connectivity index (χ2v) is 10.1. The first-order chi connectivity index (χ1) is 18.3. The minimum Gasteiger partial charge on any atom is -0.352 e. The molecular formula is C29H27ClFN5OS. The molecule has 194 valence electrons. The SMILES string of the molecule is Cc1cc([C@@H]2[C@H](c3ccccn3)NC(=S)N2CCC(=O)Nc2ccccc2F)c(C)n1-c1cccc(Cl)c1. The fourth-order valence-electron chi connectivity index (χ4n) is 5.08. The molecule has 3 heterocycles. The van der Waals surface area contributed by atoms with Crippen LogP contribution in [0.2, 0.25) is 5.02 Å². The van der Waals surface area contributed by atoms with E-state index in [-0.39, 0.29) is 30.1 Å². The van der Waals surface area contributed by atoms with E-state index in [1.165, 1.54) is 6.07 Å². The molecule has 2 atom stereocenters. The fraction of sp³-hybridized carbons (Fsp3) is 0.207. The molecule has 0 aliphatic carbocycles. The quantitative estimate of drug-likeness (QED) is 0.267. The first kappa shape index (κ1) is 25.9. The lowest BCUT2D eigenvalue weighted by Crippen LogP contribution is -2.33. The number of thiocarbonyl (C=S) groups is 1. The maximum atomic E-state index is 14.1. The normalized spacial score (nSPS) is 16.9. The van der Waals surface area contributed by atoms with Crippen molar-refractivity contribution in [2.75, 3.05) is 11.9 Å². The van der Waals surface area contributed by atoms with E-state index in [0.29, 0.717) is 16.7 Å². The van der Waals surface area contributed by atoms with Gasteiger partial charge in [-0.15, -0.1) is 0 Å². The Balaban J connectivity index is 1.48. The number of pyridine rings is 1. The Morgan fingerprint density at radius 2 is 1.89 bits per heavy atom. The summed E-state index contributed by atoms with van der Waals surface area (Å²) in [4.78, 5) is 19.4. The van der Waals surface area contributed by atoms with Crippen LogP contribution in [0, 0.1) is 19.7 Å². The van der Waals surface area contributed by atoms with Gasteiger partial charge in [0.25, 0.3) is 0 Å². The zero-order valence-electron chi connectivity index (χ0n) is 21.0. The number of carbonyl (C=O) groups excluding carboxylic acids is 1. The highest BCUT2D eigenvalue weighted by atomic mass is 35.5. The highest BCUT2D eigenvalue weighted by Gasteiger charge is 2.41. The highest BCUT2D eigenvalue weighted by Crippen LogP contribution is 2.41. The molecule has 4 aromatic rings. The molecule has 1 amide bonds. The molecule has 0 unspecified atom stereocenters. The number of benzene rings is 2. The lowest BCUT2D eigenvalue weighted by molar-refractivity contribution is -0.116. The molecule has 0 radical (unpaired) electrons. The molecule has 1 saturated heterocycles. The van der Waals surface area contributed by atoms with Gasteiger partial charge in [0.05, 0.1) is 23.5 Å². The van der Waals surface area contributed by atoms with E-state index in [2.05, 4.69) is 40.1 Å². The van der Waals surface area contributed by atoms with E-state index in [1.807, 2.05) is 47.4 Å². The number of amides is 1. The van der Waals surface area contributed by atoms with Gasteiger partial charge in [-0.25, -0.2) is 4.39 Å². The Bertz CT molecular complexity index is 1490. The summed E-state index contributed by atoms with van der Waals surface area (Å²) >= 11 is 12.1. The third-order valence-electron chi connectivity index (χ3n) is 6.78. The number of halogens is 2. The predicted octanol–water partition coefficient (Wildman–Crippen LogP) is 6.28. The van der Waals surface area contributed by atoms with Crippen molar-refractivity contribution in [1.82, 2.24) is 19.8 Å². The van der Waals surface area contributed by atoms with Crippen LogP contribution >= 0.6 is 23.8 Å². The van der Waals surface area contributed by atoms with Gasteiger partial charge in [-0.05, 0) is 80.2 Å². The highest BCUT2D eigenvalue weighted by molar-refractivity contribution is 7.80. The Morgan fingerprint density at radius 3 is 2.63 bits per heavy atom. The van der Waals surface area contributed by atoms with Gasteiger partial charge >= 0.3 is 0 Å². The maximum Gasteiger partial charge on any atom is 0.226 e. The summed E-state index contributed by atoms with van der Waals surface area (Å²) in [5.41, 5.74) is 5.15. The Labute approximate surface area is 231 Å². The van der Waals surface area contributed by atoms with Crippen molar-refractivity contribution in [3.8, 4) is 5.69 Å². The van der Waals surface area contributed by atoms with Crippen LogP contribution in [0.15, 0.2) is 79.0 Å². The Morgan fingerprint density at radius 1 is 1.11 bits per heavy atom. The topological polar surface area (TPSA) is 62.2 Å². The summed E-state index contributed by atoms with van der Waals surface area (Å²) in [5.74, 6) is -0.761. The zero-order chi connectivity index (χ0) is 26.8. The third-order valence-corrected chi connectivity index (χ3v) is 7.37. The summed E-state index contributed by atoms with van der Waals surface area (Å²) in [5, 5.41) is 7.29. The summed E-state index contributed by atoms with van der Waals surface area (Å²) in [6, 6.07) is 21.4. The van der Waals surface area contributed by atoms with Gasteiger partial charge in [0.15, 0.2) is 5.11 Å². The molecule has 9 heteroatoms. The van der Waals surface area contributed by atoms with Crippen LogP contribution in [0.1, 0.15) is 41.1 Å². The van der Waals surface area contributed by atoms with Gasteiger partial charge in [-0.2, -0.15) is 0 Å². The second-order valence-electron chi connectivity index (χ2n) is 9.24. The van der Waals surface area contributed by atoms with Crippen LogP contribution in [-0.4, -0.2) is 32.0 Å². The summed E-state index contributed by atoms with van der Waals surface area (Å²) < 4.78 is 16.2. The number of aryl methyl sites for hydroxylation is 1. The molecule has 1 aliphatic heterocycles. The summed E-state index contributed by atoms with van der Waals surface area (Å²) in [7, 11) is 0. The van der Waals surface area contributed by atoms with E-state index < -0.39 is 5.82 Å². The van der Waals surface area contributed by atoms with E-state index in [9.17, 15) is 9.18 Å². The minimum absolute atomic E-state index is 0.134. The molecule has 0 saturated carbocycles. The number of carbonyl (C=O) groups is 1. The van der Waals surface area contributed by atoms with Gasteiger partial charge in [-0.1, -0.05) is 35.9 Å². The Kier molecular flexibility index (Phi) is 7.44. The Hall–Kier alpha value is -3.75. The van der Waals surface area contributed by atoms with Crippen molar-refractivity contribution < 1.29 is 9.18 Å². The molecule has 0 spiro atoms. The number of hydrogen-bond donors (Lipinski definition) is 2. The molecule has 0 bridgehead atoms. The van der Waals surface area contributed by atoms with Gasteiger partial charge in [-0.3, -0.25) is 9.78 Å². The molecule has 2 N–H and O–H groups in total. The number of anilines is 1. The number of aromatic nitrogens is 2. The zero-order valence-corrected chi connectivity index (χ0v) is 22.6. The molecule has 2 aromatic heterocycles. The number of hydrogen-bond acceptors (Lipinski definition) is 3. The molecule has 38 heavy (non-hydrogen) atoms. The number of rotatable bonds is 7. The lowest BCUT2D eigenvalue weighted by Gasteiger charge is -2.28. The van der Waals surface area contributed by atoms with Crippen LogP contribution in [-0.2, 0) is 4.79 Å². The monoisotopic (exact) mass is 547 g/mol. The van der Waals surface area contributed by atoms with Crippen molar-refractivity contribution in [3.05, 3.63) is 112 Å². The van der Waals surface area contributed by atoms with Crippen LogP contribution in [0.25, 0.3) is 5.69 Å². The van der Waals surface area contributed by atoms with Gasteiger partial charge in [0, 0.05) is 41.3 Å². The van der Waals surface area contributed by atoms with E-state index in [0.717, 1.165) is 28.3 Å². The molecule has 1 aliphatic rings. The average molecular weight is 548 g/mol. The summed E-state index contributed by atoms with van der Waals surface area (Å²) in [6.45, 7) is 4.48. The lowest BCUT2D eigenvalue weighted by atomic mass is 9.96. The van der Waals surface area contributed by atoms with E-state index in [4.69, 9.17) is 23.8 Å². The van der Waals surface area contributed by atoms with Crippen molar-refractivity contribution in [1.29, 1.82) is 0 Å². The van der Waals surface area contributed by atoms with E-state index >= 15 is 0 Å². The van der Waals surface area contributed by atoms with Gasteiger partial charge in [0.2, 0.25) is 5.91 Å². The van der Waals surface area contributed by atoms with Gasteiger partial charge < -0.3 is 20.1 Å². The maximum absolute atomic E-state index is 14.1. The van der Waals surface area contributed by atoms with Crippen LogP contribution < -0.4 is 10.6 Å². The summed E-state index contributed by atoms with van der Waals surface area (Å²) in [6.07, 6.45) is 1.89. The first-order valence-electron chi connectivity index (χ1n) is 12.3.